The van der Waals surface area contributed by atoms with E-state index in [0.717, 1.165) is 74.9 Å². The molecule has 1 aliphatic heterocycles. The number of methoxy groups -OCH3 is 2. The number of rotatable bonds is 7. The number of benzene rings is 3. The van der Waals surface area contributed by atoms with Gasteiger partial charge in [-0.15, -0.1) is 0 Å². The van der Waals surface area contributed by atoms with Crippen LogP contribution in [0.15, 0.2) is 66.7 Å². The zero-order chi connectivity index (χ0) is 33.6. The van der Waals surface area contributed by atoms with Crippen molar-refractivity contribution in [3.8, 4) is 28.4 Å². The van der Waals surface area contributed by atoms with E-state index in [2.05, 4.69) is 44.5 Å². The number of ether oxygens (including phenoxy) is 2. The van der Waals surface area contributed by atoms with E-state index in [0.29, 0.717) is 35.4 Å². The highest BCUT2D eigenvalue weighted by Gasteiger charge is 2.47. The molecule has 0 radical (unpaired) electrons. The molecule has 248 valence electrons. The van der Waals surface area contributed by atoms with Gasteiger partial charge in [0.15, 0.2) is 5.82 Å². The van der Waals surface area contributed by atoms with Crippen molar-refractivity contribution in [2.45, 2.75) is 44.3 Å². The lowest BCUT2D eigenvalue weighted by molar-refractivity contribution is 0.0594. The van der Waals surface area contributed by atoms with Crippen LogP contribution in [-0.2, 0) is 18.3 Å². The third-order valence-corrected chi connectivity index (χ3v) is 11.0. The summed E-state index contributed by atoms with van der Waals surface area (Å²) in [6.45, 7) is 1.62. The highest BCUT2D eigenvalue weighted by atomic mass is 16.5. The summed E-state index contributed by atoms with van der Waals surface area (Å²) in [7, 11) is 5.03. The van der Waals surface area contributed by atoms with Crippen LogP contribution in [0.2, 0.25) is 0 Å². The van der Waals surface area contributed by atoms with Gasteiger partial charge >= 0.3 is 5.97 Å². The average molecular weight is 655 g/mol. The largest absolute Gasteiger partial charge is 0.494 e. The molecule has 2 aliphatic carbocycles. The molecule has 2 bridgehead atoms. The molecular weight excluding hydrogens is 616 g/mol. The van der Waals surface area contributed by atoms with Crippen molar-refractivity contribution >= 4 is 44.7 Å². The second-order valence-electron chi connectivity index (χ2n) is 13.9. The van der Waals surface area contributed by atoms with Crippen LogP contribution in [0.25, 0.3) is 55.5 Å². The van der Waals surface area contributed by atoms with Gasteiger partial charge in [0.05, 0.1) is 30.9 Å². The SMILES string of the molecule is COC(=O)c1ccc2cc(-c3ccc4cc(-c5nc6cc(C(=O)N7CC8CCC7[C@@H]8N)cc(OC)c6n5C)n(CC5CC5)c4c3)ccc2n1. The number of nitrogens with two attached hydrogens (primary N) is 1. The molecule has 3 aromatic heterocycles. The van der Waals surface area contributed by atoms with E-state index >= 15 is 0 Å². The van der Waals surface area contributed by atoms with Crippen LogP contribution in [0, 0.1) is 11.8 Å². The Kier molecular flexibility index (Phi) is 6.81. The van der Waals surface area contributed by atoms with E-state index in [1.807, 2.05) is 42.3 Å². The number of carbonyl (C=O) groups is 2. The highest BCUT2D eigenvalue weighted by Crippen LogP contribution is 2.41. The molecule has 9 rings (SSSR count). The Hall–Kier alpha value is -5.22. The van der Waals surface area contributed by atoms with Crippen LogP contribution in [0.3, 0.4) is 0 Å². The Morgan fingerprint density at radius 1 is 0.878 bits per heavy atom. The first-order chi connectivity index (χ1) is 23.8. The molecule has 3 aromatic carbocycles. The molecule has 10 nitrogen and oxygen atoms in total. The van der Waals surface area contributed by atoms with Gasteiger partial charge in [0, 0.05) is 54.1 Å². The van der Waals surface area contributed by atoms with E-state index in [-0.39, 0.29) is 18.0 Å². The van der Waals surface area contributed by atoms with Crippen molar-refractivity contribution in [2.75, 3.05) is 20.8 Å². The standard InChI is InChI=1S/C39H38N6O4/c1-43-36-30(15-27(18-34(36)48-2)38(46)45-20-26-10-13-31(45)35(26)40)42-37(43)33-17-25-7-6-23(16-32(25)44(33)19-21-4-5-21)22-8-11-28-24(14-22)9-12-29(41-28)39(47)49-3/h6-9,11-12,14-18,21,26,31,35H,4-5,10,13,19-20,40H2,1-3H3/t26?,31?,35-/m1/s1. The molecule has 0 spiro atoms. The zero-order valence-corrected chi connectivity index (χ0v) is 27.8. The first-order valence-electron chi connectivity index (χ1n) is 17.1. The number of hydrogen-bond donors (Lipinski definition) is 1. The number of amides is 1. The second kappa shape index (κ2) is 11.2. The fraction of sp³-hybridized carbons (Fsp3) is 0.333. The van der Waals surface area contributed by atoms with Gasteiger partial charge < -0.3 is 29.2 Å². The number of carbonyl (C=O) groups excluding carboxylic acids is 2. The summed E-state index contributed by atoms with van der Waals surface area (Å²) in [5, 5.41) is 2.09. The molecule has 2 N–H and O–H groups in total. The molecule has 2 unspecified atom stereocenters. The summed E-state index contributed by atoms with van der Waals surface area (Å²) in [4.78, 5) is 37.4. The van der Waals surface area contributed by atoms with E-state index in [9.17, 15) is 9.59 Å². The van der Waals surface area contributed by atoms with Gasteiger partial charge in [0.1, 0.15) is 17.0 Å². The molecule has 6 aromatic rings. The summed E-state index contributed by atoms with van der Waals surface area (Å²) in [5.74, 6) is 2.03. The normalized spacial score (nSPS) is 20.2. The topological polar surface area (TPSA) is 118 Å². The minimum absolute atomic E-state index is 0.00111. The zero-order valence-electron chi connectivity index (χ0n) is 27.8. The molecule has 49 heavy (non-hydrogen) atoms. The summed E-state index contributed by atoms with van der Waals surface area (Å²) in [6, 6.07) is 22.5. The number of nitrogens with zero attached hydrogens (tertiary/aromatic N) is 5. The number of aryl methyl sites for hydroxylation is 1. The fourth-order valence-corrected chi connectivity index (χ4v) is 8.16. The lowest BCUT2D eigenvalue weighted by atomic mass is 10.0. The molecular formula is C39H38N6O4. The number of pyridine rings is 1. The number of esters is 1. The number of likely N-dealkylation sites (tertiary alicyclic amines) is 1. The van der Waals surface area contributed by atoms with Gasteiger partial charge in [0.25, 0.3) is 5.91 Å². The highest BCUT2D eigenvalue weighted by molar-refractivity contribution is 6.01. The minimum atomic E-state index is -0.449. The maximum absolute atomic E-state index is 13.8. The average Bonchev–Trinajstić information content (AvgIpc) is 3.53. The van der Waals surface area contributed by atoms with Gasteiger partial charge in [-0.05, 0) is 91.1 Å². The van der Waals surface area contributed by atoms with Gasteiger partial charge in [-0.25, -0.2) is 14.8 Å². The third kappa shape index (κ3) is 4.80. The maximum Gasteiger partial charge on any atom is 0.356 e. The Morgan fingerprint density at radius 2 is 1.67 bits per heavy atom. The predicted molar refractivity (Wildman–Crippen MR) is 189 cm³/mol. The van der Waals surface area contributed by atoms with Crippen LogP contribution in [0.5, 0.6) is 5.75 Å². The first-order valence-corrected chi connectivity index (χ1v) is 17.1. The number of imidazole rings is 1. The summed E-state index contributed by atoms with van der Waals surface area (Å²) in [6.07, 6.45) is 4.49. The van der Waals surface area contributed by atoms with Crippen molar-refractivity contribution in [3.63, 3.8) is 0 Å². The summed E-state index contributed by atoms with van der Waals surface area (Å²) < 4.78 is 15.2. The quantitative estimate of drug-likeness (QED) is 0.205. The molecule has 3 aliphatic rings. The van der Waals surface area contributed by atoms with E-state index in [1.54, 1.807) is 13.2 Å². The van der Waals surface area contributed by atoms with Gasteiger partial charge in [-0.2, -0.15) is 0 Å². The minimum Gasteiger partial charge on any atom is -0.494 e. The monoisotopic (exact) mass is 654 g/mol. The van der Waals surface area contributed by atoms with Crippen molar-refractivity contribution < 1.29 is 19.1 Å². The van der Waals surface area contributed by atoms with Crippen LogP contribution < -0.4 is 10.5 Å². The Balaban J connectivity index is 1.12. The molecule has 1 saturated heterocycles. The molecule has 2 saturated carbocycles. The molecule has 3 fully saturated rings. The molecule has 10 heteroatoms. The van der Waals surface area contributed by atoms with Crippen LogP contribution >= 0.6 is 0 Å². The van der Waals surface area contributed by atoms with Crippen molar-refractivity contribution in [2.24, 2.45) is 24.6 Å². The van der Waals surface area contributed by atoms with Crippen LogP contribution in [0.4, 0.5) is 0 Å². The Morgan fingerprint density at radius 3 is 2.41 bits per heavy atom. The number of piperidine rings is 1. The van der Waals surface area contributed by atoms with Gasteiger partial charge in [0.2, 0.25) is 0 Å². The third-order valence-electron chi connectivity index (χ3n) is 11.0. The lowest BCUT2D eigenvalue weighted by Gasteiger charge is -2.27. The number of aromatic nitrogens is 4. The fourth-order valence-electron chi connectivity index (χ4n) is 8.16. The summed E-state index contributed by atoms with van der Waals surface area (Å²) >= 11 is 0. The predicted octanol–water partition coefficient (Wildman–Crippen LogP) is 6.18. The van der Waals surface area contributed by atoms with Crippen molar-refractivity contribution in [3.05, 3.63) is 78.0 Å². The number of hydrogen-bond acceptors (Lipinski definition) is 7. The summed E-state index contributed by atoms with van der Waals surface area (Å²) in [5.41, 5.74) is 14.0. The molecule has 3 atom stereocenters. The van der Waals surface area contributed by atoms with Crippen LogP contribution in [0.1, 0.15) is 46.5 Å². The molecule has 1 amide bonds. The van der Waals surface area contributed by atoms with Gasteiger partial charge in [-0.1, -0.05) is 24.3 Å². The van der Waals surface area contributed by atoms with E-state index < -0.39 is 5.97 Å². The Bertz CT molecular complexity index is 2340. The van der Waals surface area contributed by atoms with Crippen molar-refractivity contribution in [1.82, 2.24) is 24.0 Å². The van der Waals surface area contributed by atoms with E-state index in [4.69, 9.17) is 20.2 Å². The lowest BCUT2D eigenvalue weighted by Crippen LogP contribution is -2.41. The number of fused-ring (bicyclic) bond motifs is 5. The van der Waals surface area contributed by atoms with Crippen LogP contribution in [-0.4, -0.2) is 68.7 Å². The van der Waals surface area contributed by atoms with E-state index in [1.165, 1.54) is 20.0 Å². The maximum atomic E-state index is 13.8. The second-order valence-corrected chi connectivity index (χ2v) is 13.9. The molecule has 4 heterocycles. The smallest absolute Gasteiger partial charge is 0.356 e. The van der Waals surface area contributed by atoms with Crippen molar-refractivity contribution in [1.29, 1.82) is 0 Å². The van der Waals surface area contributed by atoms with Gasteiger partial charge in [-0.3, -0.25) is 4.79 Å². The first kappa shape index (κ1) is 29.9. The Labute approximate surface area is 283 Å².